The molecule has 3 aromatic rings. The minimum Gasteiger partial charge on any atom is -0.497 e. The van der Waals surface area contributed by atoms with Gasteiger partial charge in [0.2, 0.25) is 0 Å². The lowest BCUT2D eigenvalue weighted by molar-refractivity contribution is -0.146. The first kappa shape index (κ1) is 26.3. The van der Waals surface area contributed by atoms with E-state index in [9.17, 15) is 9.90 Å². The second-order valence-corrected chi connectivity index (χ2v) is 10.5. The highest BCUT2D eigenvalue weighted by atomic mass is 32.2. The molecule has 0 unspecified atom stereocenters. The van der Waals surface area contributed by atoms with Gasteiger partial charge in [0.25, 0.3) is 0 Å². The summed E-state index contributed by atoms with van der Waals surface area (Å²) in [5, 5.41) is 11.1. The average Bonchev–Trinajstić information content (AvgIpc) is 2.91. The molecule has 0 saturated carbocycles. The zero-order chi connectivity index (χ0) is 25.3. The smallest absolute Gasteiger partial charge is 0.308 e. The summed E-state index contributed by atoms with van der Waals surface area (Å²) in [5.74, 6) is 2.00. The molecule has 36 heavy (non-hydrogen) atoms. The van der Waals surface area contributed by atoms with E-state index in [1.807, 2.05) is 42.6 Å². The molecule has 1 aliphatic heterocycles. The highest BCUT2D eigenvalue weighted by molar-refractivity contribution is 7.99. The SMILES string of the molecule is COc1ccc2nccc(CCC[C@@H]3CCN(CCCSc4ccccc4OC)C[C@@H]3C(=O)O)c2c1. The zero-order valence-electron chi connectivity index (χ0n) is 21.2. The first-order valence-corrected chi connectivity index (χ1v) is 13.7. The van der Waals surface area contributed by atoms with E-state index < -0.39 is 5.97 Å². The Balaban J connectivity index is 1.26. The molecule has 0 radical (unpaired) electrons. The Kier molecular flexibility index (Phi) is 9.47. The summed E-state index contributed by atoms with van der Waals surface area (Å²) >= 11 is 1.80. The maximum absolute atomic E-state index is 12.1. The Morgan fingerprint density at radius 2 is 2.00 bits per heavy atom. The van der Waals surface area contributed by atoms with Crippen LogP contribution in [-0.2, 0) is 11.2 Å². The number of ether oxygens (including phenoxy) is 2. The van der Waals surface area contributed by atoms with Crippen molar-refractivity contribution in [1.82, 2.24) is 9.88 Å². The number of aryl methyl sites for hydroxylation is 1. The number of benzene rings is 2. The average molecular weight is 509 g/mol. The van der Waals surface area contributed by atoms with Gasteiger partial charge >= 0.3 is 5.97 Å². The third-order valence-electron chi connectivity index (χ3n) is 7.16. The van der Waals surface area contributed by atoms with E-state index in [4.69, 9.17) is 9.47 Å². The largest absolute Gasteiger partial charge is 0.497 e. The second kappa shape index (κ2) is 13.0. The van der Waals surface area contributed by atoms with Gasteiger partial charge in [0.15, 0.2) is 0 Å². The molecule has 192 valence electrons. The normalized spacial score (nSPS) is 18.3. The highest BCUT2D eigenvalue weighted by Crippen LogP contribution is 2.32. The predicted molar refractivity (Wildman–Crippen MR) is 145 cm³/mol. The van der Waals surface area contributed by atoms with Crippen molar-refractivity contribution in [2.24, 2.45) is 11.8 Å². The molecule has 0 amide bonds. The number of aromatic nitrogens is 1. The van der Waals surface area contributed by atoms with E-state index in [0.29, 0.717) is 6.54 Å². The molecule has 1 N–H and O–H groups in total. The van der Waals surface area contributed by atoms with Crippen molar-refractivity contribution >= 4 is 28.6 Å². The van der Waals surface area contributed by atoms with Crippen molar-refractivity contribution in [2.75, 3.05) is 39.6 Å². The first-order chi connectivity index (χ1) is 17.6. The summed E-state index contributed by atoms with van der Waals surface area (Å²) < 4.78 is 10.8. The fraction of sp³-hybridized carbons (Fsp3) is 0.448. The number of pyridine rings is 1. The van der Waals surface area contributed by atoms with Gasteiger partial charge in [-0.05, 0) is 98.8 Å². The van der Waals surface area contributed by atoms with Gasteiger partial charge in [-0.15, -0.1) is 11.8 Å². The maximum atomic E-state index is 12.1. The first-order valence-electron chi connectivity index (χ1n) is 12.7. The molecule has 6 nitrogen and oxygen atoms in total. The molecule has 7 heteroatoms. The number of nitrogens with zero attached hydrogens (tertiary/aromatic N) is 2. The van der Waals surface area contributed by atoms with Crippen molar-refractivity contribution in [3.63, 3.8) is 0 Å². The van der Waals surface area contributed by atoms with Gasteiger partial charge in [-0.2, -0.15) is 0 Å². The van der Waals surface area contributed by atoms with E-state index >= 15 is 0 Å². The number of methoxy groups -OCH3 is 2. The second-order valence-electron chi connectivity index (χ2n) is 9.39. The third-order valence-corrected chi connectivity index (χ3v) is 8.30. The number of thioether (sulfide) groups is 1. The third kappa shape index (κ3) is 6.71. The molecule has 0 aliphatic carbocycles. The van der Waals surface area contributed by atoms with Crippen molar-refractivity contribution < 1.29 is 19.4 Å². The minimum atomic E-state index is -0.660. The Morgan fingerprint density at radius 1 is 1.14 bits per heavy atom. The number of piperidine rings is 1. The molecular formula is C29H36N2O4S. The molecule has 2 aromatic carbocycles. The van der Waals surface area contributed by atoms with E-state index in [1.165, 1.54) is 5.56 Å². The number of carbonyl (C=O) groups is 1. The Bertz CT molecular complexity index is 1160. The van der Waals surface area contributed by atoms with Crippen LogP contribution in [0.25, 0.3) is 10.9 Å². The molecule has 2 atom stereocenters. The molecule has 4 rings (SSSR count). The Morgan fingerprint density at radius 3 is 2.81 bits per heavy atom. The summed E-state index contributed by atoms with van der Waals surface area (Å²) in [6, 6.07) is 16.1. The van der Waals surface area contributed by atoms with E-state index in [1.54, 1.807) is 26.0 Å². The van der Waals surface area contributed by atoms with Crippen molar-refractivity contribution in [1.29, 1.82) is 0 Å². The lowest BCUT2D eigenvalue weighted by atomic mass is 9.81. The van der Waals surface area contributed by atoms with Gasteiger partial charge in [0, 0.05) is 23.0 Å². The standard InChI is InChI=1S/C29H36N2O4S/c1-34-23-11-12-26-24(19-23)21(13-15-30-26)7-5-8-22-14-17-31(20-25(22)29(32)33)16-6-18-36-28-10-4-3-9-27(28)35-2/h3-4,9-13,15,19,22,25H,5-8,14,16-18,20H2,1-2H3,(H,32,33)/t22-,25+/m1/s1. The van der Waals surface area contributed by atoms with Gasteiger partial charge in [-0.25, -0.2) is 0 Å². The van der Waals surface area contributed by atoms with E-state index in [2.05, 4.69) is 22.0 Å². The maximum Gasteiger partial charge on any atom is 0.308 e. The van der Waals surface area contributed by atoms with Gasteiger partial charge in [0.05, 0.1) is 25.7 Å². The molecule has 1 fully saturated rings. The minimum absolute atomic E-state index is 0.226. The van der Waals surface area contributed by atoms with Gasteiger partial charge in [-0.1, -0.05) is 12.1 Å². The van der Waals surface area contributed by atoms with Crippen molar-refractivity contribution in [2.45, 2.75) is 37.0 Å². The summed E-state index contributed by atoms with van der Waals surface area (Å²) in [7, 11) is 3.38. The van der Waals surface area contributed by atoms with Crippen LogP contribution < -0.4 is 9.47 Å². The molecule has 1 saturated heterocycles. The molecule has 1 aliphatic rings. The summed E-state index contributed by atoms with van der Waals surface area (Å²) in [6.45, 7) is 2.56. The topological polar surface area (TPSA) is 71.9 Å². The number of carboxylic acids is 1. The van der Waals surface area contributed by atoms with Crippen LogP contribution in [0, 0.1) is 11.8 Å². The Hall–Kier alpha value is -2.77. The highest BCUT2D eigenvalue weighted by Gasteiger charge is 2.33. The lowest BCUT2D eigenvalue weighted by Gasteiger charge is -2.36. The molecule has 2 heterocycles. The number of likely N-dealkylation sites (tertiary alicyclic amines) is 1. The fourth-order valence-corrected chi connectivity index (χ4v) is 6.15. The number of rotatable bonds is 12. The quantitative estimate of drug-likeness (QED) is 0.246. The summed E-state index contributed by atoms with van der Waals surface area (Å²) in [6.07, 6.45) is 6.65. The van der Waals surface area contributed by atoms with Crippen LogP contribution >= 0.6 is 11.8 Å². The lowest BCUT2D eigenvalue weighted by Crippen LogP contribution is -2.44. The van der Waals surface area contributed by atoms with E-state index in [0.717, 1.165) is 78.2 Å². The summed E-state index contributed by atoms with van der Waals surface area (Å²) in [5.41, 5.74) is 2.21. The zero-order valence-corrected chi connectivity index (χ0v) is 22.0. The van der Waals surface area contributed by atoms with Gasteiger partial charge in [-0.3, -0.25) is 9.78 Å². The monoisotopic (exact) mass is 508 g/mol. The van der Waals surface area contributed by atoms with Crippen molar-refractivity contribution in [3.05, 3.63) is 60.3 Å². The number of hydrogen-bond acceptors (Lipinski definition) is 6. The van der Waals surface area contributed by atoms with Crippen LogP contribution in [0.15, 0.2) is 59.6 Å². The molecule has 0 spiro atoms. The van der Waals surface area contributed by atoms with Crippen LogP contribution in [-0.4, -0.2) is 60.6 Å². The number of carboxylic acid groups (broad SMARTS) is 1. The number of hydrogen-bond donors (Lipinski definition) is 1. The van der Waals surface area contributed by atoms with Crippen LogP contribution in [0.5, 0.6) is 11.5 Å². The molecule has 0 bridgehead atoms. The molecular weight excluding hydrogens is 472 g/mol. The van der Waals surface area contributed by atoms with Gasteiger partial charge in [0.1, 0.15) is 11.5 Å². The number of para-hydroxylation sites is 1. The Labute approximate surface area is 218 Å². The molecule has 1 aromatic heterocycles. The van der Waals surface area contributed by atoms with E-state index in [-0.39, 0.29) is 11.8 Å². The number of aliphatic carboxylic acids is 1. The fourth-order valence-electron chi connectivity index (χ4n) is 5.19. The van der Waals surface area contributed by atoms with Crippen LogP contribution in [0.2, 0.25) is 0 Å². The predicted octanol–water partition coefficient (Wildman–Crippen LogP) is 5.78. The van der Waals surface area contributed by atoms with Crippen LogP contribution in [0.4, 0.5) is 0 Å². The summed E-state index contributed by atoms with van der Waals surface area (Å²) in [4.78, 5) is 20.1. The number of fused-ring (bicyclic) bond motifs is 1. The van der Waals surface area contributed by atoms with Crippen LogP contribution in [0.3, 0.4) is 0 Å². The van der Waals surface area contributed by atoms with Crippen molar-refractivity contribution in [3.8, 4) is 11.5 Å². The van der Waals surface area contributed by atoms with Gasteiger partial charge < -0.3 is 19.5 Å². The van der Waals surface area contributed by atoms with Crippen LogP contribution in [0.1, 0.15) is 31.2 Å².